The van der Waals surface area contributed by atoms with Crippen molar-refractivity contribution in [1.29, 1.82) is 0 Å². The van der Waals surface area contributed by atoms with Gasteiger partial charge in [-0.1, -0.05) is 27.5 Å². The molecule has 0 heterocycles. The molecule has 0 aliphatic rings. The van der Waals surface area contributed by atoms with Crippen molar-refractivity contribution in [3.8, 4) is 11.5 Å². The molecule has 0 N–H and O–H groups in total. The van der Waals surface area contributed by atoms with Gasteiger partial charge >= 0.3 is 0 Å². The Morgan fingerprint density at radius 1 is 1.10 bits per heavy atom. The summed E-state index contributed by atoms with van der Waals surface area (Å²) in [7, 11) is 2.93. The van der Waals surface area contributed by atoms with E-state index in [9.17, 15) is 9.18 Å². The van der Waals surface area contributed by atoms with E-state index in [0.29, 0.717) is 16.0 Å². The van der Waals surface area contributed by atoms with Crippen molar-refractivity contribution >= 4 is 33.3 Å². The summed E-state index contributed by atoms with van der Waals surface area (Å²) in [6.45, 7) is 0. The van der Waals surface area contributed by atoms with Crippen LogP contribution in [0.4, 0.5) is 4.39 Å². The Balaban J connectivity index is 2.52. The van der Waals surface area contributed by atoms with Crippen LogP contribution in [0.5, 0.6) is 11.5 Å². The van der Waals surface area contributed by atoms with E-state index < -0.39 is 11.6 Å². The second-order valence-corrected chi connectivity index (χ2v) is 5.50. The normalized spacial score (nSPS) is 10.3. The summed E-state index contributed by atoms with van der Waals surface area (Å²) in [6, 6.07) is 6.91. The predicted octanol–water partition coefficient (Wildman–Crippen LogP) is 4.49. The fourth-order valence-corrected chi connectivity index (χ4v) is 2.57. The molecule has 0 saturated carbocycles. The third kappa shape index (κ3) is 3.36. The van der Waals surface area contributed by atoms with Gasteiger partial charge in [-0.15, -0.1) is 0 Å². The van der Waals surface area contributed by atoms with Crippen molar-refractivity contribution in [3.63, 3.8) is 0 Å². The molecule has 0 atom stereocenters. The minimum absolute atomic E-state index is 0.191. The van der Waals surface area contributed by atoms with Gasteiger partial charge < -0.3 is 9.47 Å². The topological polar surface area (TPSA) is 35.5 Å². The minimum atomic E-state index is -0.510. The summed E-state index contributed by atoms with van der Waals surface area (Å²) in [5, 5.41) is 0.207. The number of halogens is 3. The van der Waals surface area contributed by atoms with Gasteiger partial charge in [0.15, 0.2) is 17.3 Å². The van der Waals surface area contributed by atoms with Gasteiger partial charge in [0, 0.05) is 21.7 Å². The van der Waals surface area contributed by atoms with Gasteiger partial charge in [-0.05, 0) is 24.3 Å². The van der Waals surface area contributed by atoms with E-state index in [0.717, 1.165) is 6.07 Å². The zero-order valence-corrected chi connectivity index (χ0v) is 13.6. The summed E-state index contributed by atoms with van der Waals surface area (Å²) < 4.78 is 24.1. The molecule has 0 fully saturated rings. The van der Waals surface area contributed by atoms with Crippen LogP contribution in [-0.4, -0.2) is 20.0 Å². The van der Waals surface area contributed by atoms with Crippen LogP contribution in [-0.2, 0) is 0 Å². The standard InChI is InChI=1S/C15H11BrClFO3/c1-20-13-6-11(12(17)7-14(13)21-2)15(19)8-3-9(16)5-10(18)4-8/h3-7H,1-2H3. The van der Waals surface area contributed by atoms with Gasteiger partial charge in [0.05, 0.1) is 19.2 Å². The molecule has 0 saturated heterocycles. The number of ketones is 1. The molecule has 2 rings (SSSR count). The molecule has 0 aromatic heterocycles. The maximum atomic E-state index is 13.4. The van der Waals surface area contributed by atoms with E-state index >= 15 is 0 Å². The van der Waals surface area contributed by atoms with Crippen LogP contribution in [0.25, 0.3) is 0 Å². The second kappa shape index (κ2) is 6.45. The maximum absolute atomic E-state index is 13.4. The summed E-state index contributed by atoms with van der Waals surface area (Å²) in [6.07, 6.45) is 0. The number of carbonyl (C=O) groups excluding carboxylic acids is 1. The van der Waals surface area contributed by atoms with Crippen LogP contribution in [0, 0.1) is 5.82 Å². The number of ether oxygens (including phenoxy) is 2. The van der Waals surface area contributed by atoms with Crippen LogP contribution >= 0.6 is 27.5 Å². The van der Waals surface area contributed by atoms with Gasteiger partial charge in [0.1, 0.15) is 5.82 Å². The monoisotopic (exact) mass is 372 g/mol. The summed E-state index contributed by atoms with van der Waals surface area (Å²) in [5.41, 5.74) is 0.405. The molecule has 0 spiro atoms. The van der Waals surface area contributed by atoms with Crippen LogP contribution in [0.2, 0.25) is 5.02 Å². The molecule has 2 aromatic rings. The maximum Gasteiger partial charge on any atom is 0.194 e. The van der Waals surface area contributed by atoms with E-state index in [2.05, 4.69) is 15.9 Å². The number of methoxy groups -OCH3 is 2. The zero-order valence-electron chi connectivity index (χ0n) is 11.2. The molecule has 2 aromatic carbocycles. The van der Waals surface area contributed by atoms with Gasteiger partial charge in [-0.25, -0.2) is 4.39 Å². The molecule has 3 nitrogen and oxygen atoms in total. The molecular weight excluding hydrogens is 363 g/mol. The molecular formula is C15H11BrClFO3. The number of hydrogen-bond acceptors (Lipinski definition) is 3. The molecule has 6 heteroatoms. The second-order valence-electron chi connectivity index (χ2n) is 4.17. The molecule has 0 aliphatic heterocycles. The molecule has 110 valence electrons. The highest BCUT2D eigenvalue weighted by atomic mass is 79.9. The van der Waals surface area contributed by atoms with Crippen molar-refractivity contribution in [2.24, 2.45) is 0 Å². The molecule has 0 amide bonds. The number of rotatable bonds is 4. The van der Waals surface area contributed by atoms with Crippen LogP contribution < -0.4 is 9.47 Å². The highest BCUT2D eigenvalue weighted by molar-refractivity contribution is 9.10. The Morgan fingerprint density at radius 3 is 2.29 bits per heavy atom. The first kappa shape index (κ1) is 15.8. The van der Waals surface area contributed by atoms with Crippen molar-refractivity contribution in [2.75, 3.05) is 14.2 Å². The van der Waals surface area contributed by atoms with E-state index in [1.165, 1.54) is 38.5 Å². The molecule has 0 aliphatic carbocycles. The van der Waals surface area contributed by atoms with Gasteiger partial charge in [-0.3, -0.25) is 4.79 Å². The Hall–Kier alpha value is -1.59. The predicted molar refractivity (Wildman–Crippen MR) is 82.1 cm³/mol. The van der Waals surface area contributed by atoms with Crippen LogP contribution in [0.1, 0.15) is 15.9 Å². The van der Waals surface area contributed by atoms with E-state index in [1.807, 2.05) is 0 Å². The lowest BCUT2D eigenvalue weighted by Crippen LogP contribution is -2.04. The number of benzene rings is 2. The van der Waals surface area contributed by atoms with Crippen molar-refractivity contribution in [1.82, 2.24) is 0 Å². The molecule has 21 heavy (non-hydrogen) atoms. The van der Waals surface area contributed by atoms with Gasteiger partial charge in [0.25, 0.3) is 0 Å². The van der Waals surface area contributed by atoms with Crippen LogP contribution in [0.3, 0.4) is 0 Å². The van der Waals surface area contributed by atoms with Crippen LogP contribution in [0.15, 0.2) is 34.8 Å². The average Bonchev–Trinajstić information content (AvgIpc) is 2.45. The number of hydrogen-bond donors (Lipinski definition) is 0. The lowest BCUT2D eigenvalue weighted by atomic mass is 10.0. The summed E-state index contributed by atoms with van der Waals surface area (Å²) in [4.78, 5) is 12.5. The first-order chi connectivity index (χ1) is 9.96. The fourth-order valence-electron chi connectivity index (χ4n) is 1.87. The van der Waals surface area contributed by atoms with Gasteiger partial charge in [-0.2, -0.15) is 0 Å². The summed E-state index contributed by atoms with van der Waals surface area (Å²) >= 11 is 9.25. The minimum Gasteiger partial charge on any atom is -0.493 e. The molecule has 0 radical (unpaired) electrons. The summed E-state index contributed by atoms with van der Waals surface area (Å²) in [5.74, 6) is -0.120. The van der Waals surface area contributed by atoms with Gasteiger partial charge in [0.2, 0.25) is 0 Å². The Bertz CT molecular complexity index is 683. The smallest absolute Gasteiger partial charge is 0.194 e. The Morgan fingerprint density at radius 2 is 1.71 bits per heavy atom. The van der Waals surface area contributed by atoms with E-state index in [4.69, 9.17) is 21.1 Å². The lowest BCUT2D eigenvalue weighted by Gasteiger charge is -2.11. The highest BCUT2D eigenvalue weighted by Gasteiger charge is 2.18. The van der Waals surface area contributed by atoms with E-state index in [1.54, 1.807) is 0 Å². The van der Waals surface area contributed by atoms with Crippen molar-refractivity contribution in [3.05, 3.63) is 56.8 Å². The SMILES string of the molecule is COc1cc(Cl)c(C(=O)c2cc(F)cc(Br)c2)cc1OC. The van der Waals surface area contributed by atoms with Crippen molar-refractivity contribution in [2.45, 2.75) is 0 Å². The lowest BCUT2D eigenvalue weighted by molar-refractivity contribution is 0.103. The third-order valence-corrected chi connectivity index (χ3v) is 3.61. The Labute approximate surface area is 134 Å². The number of carbonyl (C=O) groups is 1. The highest BCUT2D eigenvalue weighted by Crippen LogP contribution is 2.34. The first-order valence-electron chi connectivity index (χ1n) is 5.88. The van der Waals surface area contributed by atoms with E-state index in [-0.39, 0.29) is 16.1 Å². The van der Waals surface area contributed by atoms with Crippen molar-refractivity contribution < 1.29 is 18.7 Å². The molecule has 0 unspecified atom stereocenters. The third-order valence-electron chi connectivity index (χ3n) is 2.84. The Kier molecular flexibility index (Phi) is 4.85. The zero-order chi connectivity index (χ0) is 15.6. The average molecular weight is 374 g/mol. The largest absolute Gasteiger partial charge is 0.493 e. The quantitative estimate of drug-likeness (QED) is 0.741. The fraction of sp³-hybridized carbons (Fsp3) is 0.133. The first-order valence-corrected chi connectivity index (χ1v) is 7.05. The molecule has 0 bridgehead atoms.